The molecule has 2 aromatic carbocycles. The molecule has 0 aromatic heterocycles. The fraction of sp³-hybridized carbons (Fsp3) is 0.368. The van der Waals surface area contributed by atoms with Crippen LogP contribution in [0.15, 0.2) is 36.4 Å². The maximum atomic E-state index is 10.3. The Morgan fingerprint density at radius 1 is 0.900 bits per heavy atom. The largest absolute Gasteiger partial charge is 0.508 e. The van der Waals surface area contributed by atoms with E-state index in [1.54, 1.807) is 6.07 Å². The Hall–Kier alpha value is -1.76. The molecule has 1 nitrogen and oxygen atoms in total. The van der Waals surface area contributed by atoms with Gasteiger partial charge in [0.1, 0.15) is 5.75 Å². The number of aryl methyl sites for hydroxylation is 1. The Kier molecular flexibility index (Phi) is 3.89. The van der Waals surface area contributed by atoms with E-state index >= 15 is 0 Å². The Labute approximate surface area is 122 Å². The predicted molar refractivity (Wildman–Crippen MR) is 85.5 cm³/mol. The van der Waals surface area contributed by atoms with Crippen molar-refractivity contribution in [3.63, 3.8) is 0 Å². The van der Waals surface area contributed by atoms with Gasteiger partial charge in [0.05, 0.1) is 0 Å². The van der Waals surface area contributed by atoms with Crippen molar-refractivity contribution in [1.82, 2.24) is 0 Å². The van der Waals surface area contributed by atoms with Gasteiger partial charge in [-0.3, -0.25) is 0 Å². The molecule has 0 fully saturated rings. The van der Waals surface area contributed by atoms with Gasteiger partial charge in [0.2, 0.25) is 0 Å². The monoisotopic (exact) mass is 268 g/mol. The minimum Gasteiger partial charge on any atom is -0.508 e. The molecule has 0 saturated heterocycles. The van der Waals surface area contributed by atoms with Gasteiger partial charge in [-0.15, -0.1) is 0 Å². The Morgan fingerprint density at radius 3 is 2.15 bits per heavy atom. The number of aromatic hydroxyl groups is 1. The zero-order chi connectivity index (χ0) is 14.9. The molecule has 0 bridgehead atoms. The molecule has 0 saturated carbocycles. The van der Waals surface area contributed by atoms with E-state index in [2.05, 4.69) is 46.8 Å². The zero-order valence-electron chi connectivity index (χ0n) is 13.1. The average Bonchev–Trinajstić information content (AvgIpc) is 2.44. The highest BCUT2D eigenvalue weighted by Crippen LogP contribution is 2.41. The van der Waals surface area contributed by atoms with Gasteiger partial charge in [-0.1, -0.05) is 44.2 Å². The number of hydrogen-bond donors (Lipinski definition) is 1. The molecule has 1 unspecified atom stereocenters. The third-order valence-electron chi connectivity index (χ3n) is 4.86. The van der Waals surface area contributed by atoms with Crippen molar-refractivity contribution in [3.05, 3.63) is 64.2 Å². The molecule has 0 amide bonds. The van der Waals surface area contributed by atoms with Gasteiger partial charge in [0.25, 0.3) is 0 Å². The zero-order valence-corrected chi connectivity index (χ0v) is 13.1. The van der Waals surface area contributed by atoms with Crippen LogP contribution in [0.25, 0.3) is 0 Å². The highest BCUT2D eigenvalue weighted by Gasteiger charge is 2.31. The Balaban J connectivity index is 2.69. The van der Waals surface area contributed by atoms with Crippen LogP contribution in [0.2, 0.25) is 0 Å². The molecule has 0 aliphatic rings. The van der Waals surface area contributed by atoms with Crippen LogP contribution in [-0.2, 0) is 5.41 Å². The van der Waals surface area contributed by atoms with Crippen LogP contribution in [0.3, 0.4) is 0 Å². The molecular formula is C19H24O. The quantitative estimate of drug-likeness (QED) is 0.827. The highest BCUT2D eigenvalue weighted by molar-refractivity contribution is 5.51. The second kappa shape index (κ2) is 5.32. The van der Waals surface area contributed by atoms with Crippen LogP contribution in [0.1, 0.15) is 48.1 Å². The Bertz CT molecular complexity index is 628. The molecule has 1 atom stereocenters. The third-order valence-corrected chi connectivity index (χ3v) is 4.86. The fourth-order valence-electron chi connectivity index (χ4n) is 3.02. The molecule has 1 N–H and O–H groups in total. The van der Waals surface area contributed by atoms with E-state index in [1.807, 2.05) is 18.2 Å². The lowest BCUT2D eigenvalue weighted by molar-refractivity contribution is 0.440. The smallest absolute Gasteiger partial charge is 0.119 e. The summed E-state index contributed by atoms with van der Waals surface area (Å²) in [6, 6.07) is 12.1. The minimum atomic E-state index is -0.159. The van der Waals surface area contributed by atoms with Crippen molar-refractivity contribution in [1.29, 1.82) is 0 Å². The molecule has 0 spiro atoms. The number of phenols is 1. The lowest BCUT2D eigenvalue weighted by atomic mass is 9.71. The number of rotatable bonds is 3. The SMILES string of the molecule is CCC(C)(c1ccccc1O)c1ccc(C)c(C)c1C. The minimum absolute atomic E-state index is 0.159. The van der Waals surface area contributed by atoms with Crippen molar-refractivity contribution in [3.8, 4) is 5.75 Å². The summed E-state index contributed by atoms with van der Waals surface area (Å²) in [4.78, 5) is 0. The number of hydrogen-bond acceptors (Lipinski definition) is 1. The standard InChI is InChI=1S/C19H24O/c1-6-19(5,17-9-7-8-10-18(17)20)16-12-11-13(2)14(3)15(16)4/h7-12,20H,6H2,1-5H3. The number of phenolic OH excluding ortho intramolecular Hbond substituents is 1. The van der Waals surface area contributed by atoms with Gasteiger partial charge in [0.15, 0.2) is 0 Å². The maximum absolute atomic E-state index is 10.3. The Morgan fingerprint density at radius 2 is 1.55 bits per heavy atom. The summed E-state index contributed by atoms with van der Waals surface area (Å²) in [5.74, 6) is 0.384. The van der Waals surface area contributed by atoms with Crippen LogP contribution in [0, 0.1) is 20.8 Å². The van der Waals surface area contributed by atoms with E-state index in [1.165, 1.54) is 22.3 Å². The van der Waals surface area contributed by atoms with Crippen molar-refractivity contribution in [2.45, 2.75) is 46.5 Å². The molecule has 2 aromatic rings. The van der Waals surface area contributed by atoms with E-state index in [9.17, 15) is 5.11 Å². The van der Waals surface area contributed by atoms with Gasteiger partial charge >= 0.3 is 0 Å². The lowest BCUT2D eigenvalue weighted by Gasteiger charge is -2.32. The van der Waals surface area contributed by atoms with Crippen LogP contribution >= 0.6 is 0 Å². The van der Waals surface area contributed by atoms with Crippen molar-refractivity contribution < 1.29 is 5.11 Å². The van der Waals surface area contributed by atoms with Gasteiger partial charge in [-0.2, -0.15) is 0 Å². The summed E-state index contributed by atoms with van der Waals surface area (Å²) in [5.41, 5.74) is 6.16. The first kappa shape index (κ1) is 14.6. The van der Waals surface area contributed by atoms with E-state index < -0.39 is 0 Å². The van der Waals surface area contributed by atoms with Gasteiger partial charge in [-0.05, 0) is 55.5 Å². The molecule has 20 heavy (non-hydrogen) atoms. The molecule has 2 rings (SSSR count). The first-order chi connectivity index (χ1) is 9.41. The lowest BCUT2D eigenvalue weighted by Crippen LogP contribution is -2.24. The van der Waals surface area contributed by atoms with Crippen molar-refractivity contribution in [2.24, 2.45) is 0 Å². The predicted octanol–water partition coefficient (Wildman–Crippen LogP) is 5.03. The van der Waals surface area contributed by atoms with Crippen molar-refractivity contribution in [2.75, 3.05) is 0 Å². The summed E-state index contributed by atoms with van der Waals surface area (Å²) in [6.07, 6.45) is 0.952. The molecule has 1 heteroatoms. The third kappa shape index (κ3) is 2.22. The molecule has 0 aliphatic heterocycles. The summed E-state index contributed by atoms with van der Waals surface area (Å²) in [7, 11) is 0. The molecule has 0 radical (unpaired) electrons. The topological polar surface area (TPSA) is 20.2 Å². The normalized spacial score (nSPS) is 14.1. The molecule has 0 aliphatic carbocycles. The van der Waals surface area contributed by atoms with E-state index in [0.29, 0.717) is 5.75 Å². The van der Waals surface area contributed by atoms with Gasteiger partial charge < -0.3 is 5.11 Å². The summed E-state index contributed by atoms with van der Waals surface area (Å²) in [6.45, 7) is 10.9. The van der Waals surface area contributed by atoms with E-state index in [-0.39, 0.29) is 5.41 Å². The highest BCUT2D eigenvalue weighted by atomic mass is 16.3. The first-order valence-electron chi connectivity index (χ1n) is 7.27. The molecule has 0 heterocycles. The van der Waals surface area contributed by atoms with E-state index in [0.717, 1.165) is 12.0 Å². The molecule has 106 valence electrons. The summed E-state index contributed by atoms with van der Waals surface area (Å²) < 4.78 is 0. The van der Waals surface area contributed by atoms with Crippen LogP contribution in [0.5, 0.6) is 5.75 Å². The average molecular weight is 268 g/mol. The fourth-order valence-corrected chi connectivity index (χ4v) is 3.02. The number of benzene rings is 2. The number of para-hydroxylation sites is 1. The van der Waals surface area contributed by atoms with Crippen LogP contribution in [-0.4, -0.2) is 5.11 Å². The second-order valence-corrected chi connectivity index (χ2v) is 5.88. The molecular weight excluding hydrogens is 244 g/mol. The van der Waals surface area contributed by atoms with E-state index in [4.69, 9.17) is 0 Å². The van der Waals surface area contributed by atoms with Crippen LogP contribution < -0.4 is 0 Å². The summed E-state index contributed by atoms with van der Waals surface area (Å²) >= 11 is 0. The summed E-state index contributed by atoms with van der Waals surface area (Å²) in [5, 5.41) is 10.3. The first-order valence-corrected chi connectivity index (χ1v) is 7.27. The second-order valence-electron chi connectivity index (χ2n) is 5.88. The van der Waals surface area contributed by atoms with Gasteiger partial charge in [-0.25, -0.2) is 0 Å². The maximum Gasteiger partial charge on any atom is 0.119 e. The van der Waals surface area contributed by atoms with Crippen LogP contribution in [0.4, 0.5) is 0 Å². The van der Waals surface area contributed by atoms with Gasteiger partial charge in [0, 0.05) is 11.0 Å². The van der Waals surface area contributed by atoms with Crippen molar-refractivity contribution >= 4 is 0 Å².